The van der Waals surface area contributed by atoms with Gasteiger partial charge in [-0.2, -0.15) is 0 Å². The molecule has 1 aliphatic rings. The standard InChI is InChI=1S/C18H31N5/c1-15-8-7-10-18(12-15,23(3)4)14-22-17(19-2)21-13-16-9-5-6-11-20-16/h5-6,9,11,15H,7-8,10,12-14H2,1-4H3,(H2,19,21,22). The largest absolute Gasteiger partial charge is 0.355 e. The summed E-state index contributed by atoms with van der Waals surface area (Å²) in [6.45, 7) is 3.98. The Morgan fingerprint density at radius 1 is 1.39 bits per heavy atom. The molecule has 0 aromatic carbocycles. The lowest BCUT2D eigenvalue weighted by Crippen LogP contribution is -2.56. The highest BCUT2D eigenvalue weighted by Crippen LogP contribution is 2.35. The maximum Gasteiger partial charge on any atom is 0.191 e. The van der Waals surface area contributed by atoms with Crippen molar-refractivity contribution in [3.63, 3.8) is 0 Å². The van der Waals surface area contributed by atoms with Crippen molar-refractivity contribution in [2.45, 2.75) is 44.7 Å². The minimum Gasteiger partial charge on any atom is -0.355 e. The van der Waals surface area contributed by atoms with E-state index in [1.54, 1.807) is 0 Å². The molecule has 0 spiro atoms. The zero-order valence-corrected chi connectivity index (χ0v) is 15.0. The van der Waals surface area contributed by atoms with Gasteiger partial charge in [-0.15, -0.1) is 0 Å². The highest BCUT2D eigenvalue weighted by atomic mass is 15.2. The molecule has 2 unspecified atom stereocenters. The third kappa shape index (κ3) is 4.93. The molecule has 0 saturated heterocycles. The molecular weight excluding hydrogens is 286 g/mol. The van der Waals surface area contributed by atoms with Crippen LogP contribution in [0.1, 0.15) is 38.3 Å². The zero-order valence-electron chi connectivity index (χ0n) is 15.0. The smallest absolute Gasteiger partial charge is 0.191 e. The number of hydrogen-bond acceptors (Lipinski definition) is 3. The molecule has 128 valence electrons. The van der Waals surface area contributed by atoms with Crippen LogP contribution >= 0.6 is 0 Å². The number of aromatic nitrogens is 1. The maximum atomic E-state index is 4.35. The molecule has 0 aliphatic heterocycles. The topological polar surface area (TPSA) is 52.6 Å². The predicted molar refractivity (Wildman–Crippen MR) is 96.5 cm³/mol. The molecule has 5 nitrogen and oxygen atoms in total. The molecule has 0 radical (unpaired) electrons. The first kappa shape index (κ1) is 17.7. The van der Waals surface area contributed by atoms with Crippen LogP contribution in [0.15, 0.2) is 29.4 Å². The van der Waals surface area contributed by atoms with Crippen molar-refractivity contribution in [1.29, 1.82) is 0 Å². The van der Waals surface area contributed by atoms with Gasteiger partial charge in [-0.05, 0) is 45.0 Å². The van der Waals surface area contributed by atoms with Crippen molar-refractivity contribution >= 4 is 5.96 Å². The average molecular weight is 317 g/mol. The second kappa shape index (κ2) is 8.29. The first-order chi connectivity index (χ1) is 11.1. The lowest BCUT2D eigenvalue weighted by Gasteiger charge is -2.45. The fraction of sp³-hybridized carbons (Fsp3) is 0.667. The highest BCUT2D eigenvalue weighted by molar-refractivity contribution is 5.79. The lowest BCUT2D eigenvalue weighted by atomic mass is 9.75. The lowest BCUT2D eigenvalue weighted by molar-refractivity contribution is 0.0795. The summed E-state index contributed by atoms with van der Waals surface area (Å²) in [7, 11) is 6.22. The van der Waals surface area contributed by atoms with Crippen LogP contribution in [0.5, 0.6) is 0 Å². The van der Waals surface area contributed by atoms with Gasteiger partial charge in [-0.1, -0.05) is 25.8 Å². The zero-order chi connectivity index (χ0) is 16.7. The summed E-state index contributed by atoms with van der Waals surface area (Å²) in [5.41, 5.74) is 1.24. The van der Waals surface area contributed by atoms with Gasteiger partial charge in [0.05, 0.1) is 12.2 Å². The van der Waals surface area contributed by atoms with Gasteiger partial charge in [0.25, 0.3) is 0 Å². The molecule has 1 fully saturated rings. The Morgan fingerprint density at radius 3 is 2.83 bits per heavy atom. The van der Waals surface area contributed by atoms with Crippen LogP contribution in [0, 0.1) is 5.92 Å². The minimum atomic E-state index is 0.223. The molecule has 1 aromatic rings. The van der Waals surface area contributed by atoms with Gasteiger partial charge in [-0.25, -0.2) is 0 Å². The number of hydrogen-bond donors (Lipinski definition) is 2. The minimum absolute atomic E-state index is 0.223. The fourth-order valence-corrected chi connectivity index (χ4v) is 3.50. The van der Waals surface area contributed by atoms with Gasteiger partial charge in [0, 0.05) is 25.3 Å². The molecule has 1 heterocycles. The third-order valence-corrected chi connectivity index (χ3v) is 4.99. The van der Waals surface area contributed by atoms with Crippen molar-refractivity contribution in [2.75, 3.05) is 27.7 Å². The second-order valence-electron chi connectivity index (χ2n) is 6.92. The van der Waals surface area contributed by atoms with Crippen molar-refractivity contribution in [1.82, 2.24) is 20.5 Å². The number of rotatable bonds is 5. The number of nitrogens with one attached hydrogen (secondary N) is 2. The van der Waals surface area contributed by atoms with Crippen LogP contribution in [-0.4, -0.2) is 49.1 Å². The Hall–Kier alpha value is -1.62. The van der Waals surface area contributed by atoms with E-state index in [9.17, 15) is 0 Å². The molecule has 2 rings (SSSR count). The molecule has 1 saturated carbocycles. The number of likely N-dealkylation sites (N-methyl/N-ethyl adjacent to an activating group) is 1. The molecule has 2 atom stereocenters. The van der Waals surface area contributed by atoms with Crippen molar-refractivity contribution < 1.29 is 0 Å². The maximum absolute atomic E-state index is 4.35. The fourth-order valence-electron chi connectivity index (χ4n) is 3.50. The van der Waals surface area contributed by atoms with Crippen LogP contribution in [0.25, 0.3) is 0 Å². The molecule has 23 heavy (non-hydrogen) atoms. The first-order valence-electron chi connectivity index (χ1n) is 8.57. The van der Waals surface area contributed by atoms with Gasteiger partial charge < -0.3 is 15.5 Å². The predicted octanol–water partition coefficient (Wildman–Crippen LogP) is 2.26. The van der Waals surface area contributed by atoms with E-state index in [0.29, 0.717) is 6.54 Å². The van der Waals surface area contributed by atoms with Gasteiger partial charge in [0.1, 0.15) is 0 Å². The summed E-state index contributed by atoms with van der Waals surface area (Å²) in [5.74, 6) is 1.63. The van der Waals surface area contributed by atoms with E-state index in [1.807, 2.05) is 31.4 Å². The van der Waals surface area contributed by atoms with E-state index < -0.39 is 0 Å². The Morgan fingerprint density at radius 2 is 2.22 bits per heavy atom. The van der Waals surface area contributed by atoms with E-state index in [2.05, 4.69) is 46.5 Å². The normalized spacial score (nSPS) is 25.4. The SMILES string of the molecule is CN=C(NCc1ccccn1)NCC1(N(C)C)CCCC(C)C1. The summed E-state index contributed by atoms with van der Waals surface area (Å²) in [5, 5.41) is 6.87. The number of guanidine groups is 1. The van der Waals surface area contributed by atoms with Crippen LogP contribution in [0.4, 0.5) is 0 Å². The Bertz CT molecular complexity index is 499. The van der Waals surface area contributed by atoms with Crippen LogP contribution < -0.4 is 10.6 Å². The van der Waals surface area contributed by atoms with Gasteiger partial charge >= 0.3 is 0 Å². The van der Waals surface area contributed by atoms with Crippen LogP contribution in [0.3, 0.4) is 0 Å². The summed E-state index contributed by atoms with van der Waals surface area (Å²) in [6.07, 6.45) is 6.96. The monoisotopic (exact) mass is 317 g/mol. The van der Waals surface area contributed by atoms with E-state index in [1.165, 1.54) is 25.7 Å². The highest BCUT2D eigenvalue weighted by Gasteiger charge is 2.36. The second-order valence-corrected chi connectivity index (χ2v) is 6.92. The molecule has 0 bridgehead atoms. The van der Waals surface area contributed by atoms with Crippen LogP contribution in [-0.2, 0) is 6.54 Å². The molecule has 1 aliphatic carbocycles. The molecule has 5 heteroatoms. The molecule has 1 aromatic heterocycles. The molecular formula is C18H31N5. The summed E-state index contributed by atoms with van der Waals surface area (Å²) in [6, 6.07) is 5.96. The van der Waals surface area contributed by atoms with E-state index in [0.717, 1.165) is 24.1 Å². The Balaban J connectivity index is 1.90. The van der Waals surface area contributed by atoms with Crippen molar-refractivity contribution in [3.8, 4) is 0 Å². The third-order valence-electron chi connectivity index (χ3n) is 4.99. The van der Waals surface area contributed by atoms with Crippen molar-refractivity contribution in [3.05, 3.63) is 30.1 Å². The van der Waals surface area contributed by atoms with E-state index in [-0.39, 0.29) is 5.54 Å². The van der Waals surface area contributed by atoms with Crippen molar-refractivity contribution in [2.24, 2.45) is 10.9 Å². The quantitative estimate of drug-likeness (QED) is 0.646. The number of aliphatic imine (C=N–C) groups is 1. The summed E-state index contributed by atoms with van der Waals surface area (Å²) >= 11 is 0. The number of pyridine rings is 1. The van der Waals surface area contributed by atoms with E-state index >= 15 is 0 Å². The average Bonchev–Trinajstić information content (AvgIpc) is 2.56. The van der Waals surface area contributed by atoms with Gasteiger partial charge in [0.2, 0.25) is 0 Å². The Kier molecular flexibility index (Phi) is 6.39. The van der Waals surface area contributed by atoms with Gasteiger partial charge in [0.15, 0.2) is 5.96 Å². The summed E-state index contributed by atoms with van der Waals surface area (Å²) in [4.78, 5) is 11.1. The summed E-state index contributed by atoms with van der Waals surface area (Å²) < 4.78 is 0. The van der Waals surface area contributed by atoms with Gasteiger partial charge in [-0.3, -0.25) is 9.98 Å². The molecule has 2 N–H and O–H groups in total. The Labute approximate surface area is 140 Å². The molecule has 0 amide bonds. The number of nitrogens with zero attached hydrogens (tertiary/aromatic N) is 3. The van der Waals surface area contributed by atoms with Crippen LogP contribution in [0.2, 0.25) is 0 Å². The van der Waals surface area contributed by atoms with E-state index in [4.69, 9.17) is 0 Å². The first-order valence-corrected chi connectivity index (χ1v) is 8.57.